The number of halogens is 1. The molecular weight excluding hydrogens is 479 g/mol. The van der Waals surface area contributed by atoms with Crippen molar-refractivity contribution in [2.45, 2.75) is 19.0 Å². The van der Waals surface area contributed by atoms with Crippen LogP contribution in [0.15, 0.2) is 71.9 Å². The van der Waals surface area contributed by atoms with Crippen LogP contribution in [0.2, 0.25) is 0 Å². The fourth-order valence-corrected chi connectivity index (χ4v) is 4.35. The average molecular weight is 498 g/mol. The summed E-state index contributed by atoms with van der Waals surface area (Å²) >= 11 is 3.65. The molecule has 0 unspecified atom stereocenters. The Labute approximate surface area is 182 Å². The number of imidazole rings is 1. The second kappa shape index (κ2) is 7.97. The largest absolute Gasteiger partial charge is 0.333 e. The Morgan fingerprint density at radius 3 is 2.46 bits per heavy atom. The molecule has 6 heteroatoms. The van der Waals surface area contributed by atoms with Crippen LogP contribution in [0.3, 0.4) is 0 Å². The number of aryl methyl sites for hydroxylation is 2. The Morgan fingerprint density at radius 2 is 1.68 bits per heavy atom. The van der Waals surface area contributed by atoms with Crippen LogP contribution in [0.4, 0.5) is 11.4 Å². The fourth-order valence-electron chi connectivity index (χ4n) is 3.10. The van der Waals surface area contributed by atoms with Crippen molar-refractivity contribution < 1.29 is 0 Å². The standard InChI is InChI=1S/C22H19IN4S/c1-14-7-3-6-10-19(14)27(20-13-16(23)12-11-15(20)2)21(24)28-22-25-17-8-4-5-9-18(17)26-22/h3-13,24H,1-2H3,(H,25,26). The second-order valence-electron chi connectivity index (χ2n) is 6.52. The molecule has 0 aliphatic heterocycles. The van der Waals surface area contributed by atoms with E-state index in [0.717, 1.165) is 37.1 Å². The highest BCUT2D eigenvalue weighted by atomic mass is 127. The molecule has 3 aromatic carbocycles. The predicted molar refractivity (Wildman–Crippen MR) is 127 cm³/mol. The molecule has 4 rings (SSSR count). The van der Waals surface area contributed by atoms with Crippen molar-refractivity contribution in [1.29, 1.82) is 5.41 Å². The molecule has 0 saturated carbocycles. The Morgan fingerprint density at radius 1 is 0.964 bits per heavy atom. The van der Waals surface area contributed by atoms with Gasteiger partial charge < -0.3 is 4.98 Å². The topological polar surface area (TPSA) is 55.8 Å². The molecule has 2 N–H and O–H groups in total. The summed E-state index contributed by atoms with van der Waals surface area (Å²) < 4.78 is 1.14. The number of H-pyrrole nitrogens is 1. The van der Waals surface area contributed by atoms with E-state index in [2.05, 4.69) is 76.7 Å². The van der Waals surface area contributed by atoms with E-state index in [1.165, 1.54) is 11.8 Å². The van der Waals surface area contributed by atoms with E-state index in [4.69, 9.17) is 5.41 Å². The van der Waals surface area contributed by atoms with Crippen LogP contribution in [0, 0.1) is 22.8 Å². The lowest BCUT2D eigenvalue weighted by atomic mass is 10.1. The zero-order valence-corrected chi connectivity index (χ0v) is 18.5. The summed E-state index contributed by atoms with van der Waals surface area (Å²) in [6.45, 7) is 4.15. The van der Waals surface area contributed by atoms with Crippen molar-refractivity contribution in [1.82, 2.24) is 9.97 Å². The third kappa shape index (κ3) is 3.79. The maximum absolute atomic E-state index is 8.92. The number of anilines is 2. The molecule has 0 aliphatic rings. The van der Waals surface area contributed by atoms with Crippen molar-refractivity contribution in [3.05, 3.63) is 81.4 Å². The first kappa shape index (κ1) is 19.0. The zero-order valence-electron chi connectivity index (χ0n) is 15.5. The molecule has 0 spiro atoms. The molecule has 0 saturated heterocycles. The SMILES string of the molecule is Cc1ccccc1N(C(=N)Sc1nc2ccccc2[nH]1)c1cc(I)ccc1C. The molecule has 1 aromatic heterocycles. The van der Waals surface area contributed by atoms with Gasteiger partial charge in [0.25, 0.3) is 0 Å². The van der Waals surface area contributed by atoms with Crippen molar-refractivity contribution in [2.75, 3.05) is 4.90 Å². The van der Waals surface area contributed by atoms with Crippen molar-refractivity contribution in [2.24, 2.45) is 0 Å². The highest BCUT2D eigenvalue weighted by Crippen LogP contribution is 2.35. The van der Waals surface area contributed by atoms with Crippen LogP contribution in [0.1, 0.15) is 11.1 Å². The first-order valence-corrected chi connectivity index (χ1v) is 10.8. The number of nitrogens with zero attached hydrogens (tertiary/aromatic N) is 2. The van der Waals surface area contributed by atoms with Gasteiger partial charge in [0.05, 0.1) is 22.4 Å². The number of aromatic nitrogens is 2. The lowest BCUT2D eigenvalue weighted by Crippen LogP contribution is -2.24. The van der Waals surface area contributed by atoms with Crippen LogP contribution in [0.25, 0.3) is 11.0 Å². The molecule has 0 amide bonds. The van der Waals surface area contributed by atoms with E-state index < -0.39 is 0 Å². The number of benzene rings is 3. The van der Waals surface area contributed by atoms with E-state index in [0.29, 0.717) is 10.3 Å². The quantitative estimate of drug-likeness (QED) is 0.144. The van der Waals surface area contributed by atoms with E-state index in [1.807, 2.05) is 41.3 Å². The summed E-state index contributed by atoms with van der Waals surface area (Å²) in [5, 5.41) is 10.0. The van der Waals surface area contributed by atoms with Gasteiger partial charge in [-0.25, -0.2) is 4.98 Å². The molecule has 0 bridgehead atoms. The first-order valence-electron chi connectivity index (χ1n) is 8.86. The van der Waals surface area contributed by atoms with Gasteiger partial charge in [-0.15, -0.1) is 0 Å². The van der Waals surface area contributed by atoms with Crippen molar-refractivity contribution >= 4 is 61.9 Å². The monoisotopic (exact) mass is 498 g/mol. The lowest BCUT2D eigenvalue weighted by molar-refractivity contribution is 1.09. The molecule has 0 atom stereocenters. The number of thioether (sulfide) groups is 1. The van der Waals surface area contributed by atoms with Crippen molar-refractivity contribution in [3.63, 3.8) is 0 Å². The minimum absolute atomic E-state index is 0.401. The molecular formula is C22H19IN4S. The molecule has 4 aromatic rings. The second-order valence-corrected chi connectivity index (χ2v) is 8.74. The number of amidine groups is 1. The summed E-state index contributed by atoms with van der Waals surface area (Å²) in [6.07, 6.45) is 0. The lowest BCUT2D eigenvalue weighted by Gasteiger charge is -2.27. The highest BCUT2D eigenvalue weighted by molar-refractivity contribution is 14.1. The van der Waals surface area contributed by atoms with Crippen LogP contribution in [-0.4, -0.2) is 15.1 Å². The number of nitrogens with one attached hydrogen (secondary N) is 2. The maximum atomic E-state index is 8.92. The molecule has 28 heavy (non-hydrogen) atoms. The summed E-state index contributed by atoms with van der Waals surface area (Å²) in [6, 6.07) is 22.4. The molecule has 0 radical (unpaired) electrons. The van der Waals surface area contributed by atoms with E-state index in [9.17, 15) is 0 Å². The third-order valence-electron chi connectivity index (χ3n) is 4.53. The van der Waals surface area contributed by atoms with Gasteiger partial charge in [-0.1, -0.05) is 36.4 Å². The Bertz CT molecular complexity index is 1140. The van der Waals surface area contributed by atoms with Crippen molar-refractivity contribution in [3.8, 4) is 0 Å². The third-order valence-corrected chi connectivity index (χ3v) is 5.97. The molecule has 0 fully saturated rings. The van der Waals surface area contributed by atoms with Gasteiger partial charge >= 0.3 is 0 Å². The Balaban J connectivity index is 1.77. The van der Waals surface area contributed by atoms with E-state index >= 15 is 0 Å². The normalized spacial score (nSPS) is 11.0. The fraction of sp³-hybridized carbons (Fsp3) is 0.0909. The van der Waals surface area contributed by atoms with Crippen LogP contribution >= 0.6 is 34.4 Å². The predicted octanol–water partition coefficient (Wildman–Crippen LogP) is 6.65. The van der Waals surface area contributed by atoms with Gasteiger partial charge in [-0.05, 0) is 89.7 Å². The molecule has 140 valence electrons. The number of rotatable bonds is 3. The van der Waals surface area contributed by atoms with Gasteiger partial charge in [0.15, 0.2) is 10.3 Å². The van der Waals surface area contributed by atoms with Gasteiger partial charge in [-0.3, -0.25) is 10.3 Å². The zero-order chi connectivity index (χ0) is 19.7. The first-order chi connectivity index (χ1) is 13.5. The minimum Gasteiger partial charge on any atom is -0.333 e. The number of fused-ring (bicyclic) bond motifs is 1. The summed E-state index contributed by atoms with van der Waals surface area (Å²) in [7, 11) is 0. The average Bonchev–Trinajstić information content (AvgIpc) is 3.08. The Kier molecular flexibility index (Phi) is 5.41. The molecule has 4 nitrogen and oxygen atoms in total. The number of hydrogen-bond donors (Lipinski definition) is 2. The molecule has 1 heterocycles. The number of aromatic amines is 1. The van der Waals surface area contributed by atoms with Gasteiger partial charge in [0.2, 0.25) is 0 Å². The van der Waals surface area contributed by atoms with Gasteiger partial charge in [-0.2, -0.15) is 0 Å². The summed E-state index contributed by atoms with van der Waals surface area (Å²) in [5.74, 6) is 0. The van der Waals surface area contributed by atoms with Gasteiger partial charge in [0.1, 0.15) is 0 Å². The summed E-state index contributed by atoms with van der Waals surface area (Å²) in [5.41, 5.74) is 6.14. The van der Waals surface area contributed by atoms with Gasteiger partial charge in [0, 0.05) is 3.57 Å². The van der Waals surface area contributed by atoms with Crippen LogP contribution in [-0.2, 0) is 0 Å². The highest BCUT2D eigenvalue weighted by Gasteiger charge is 2.21. The van der Waals surface area contributed by atoms with E-state index in [-0.39, 0.29) is 0 Å². The molecule has 0 aliphatic carbocycles. The smallest absolute Gasteiger partial charge is 0.174 e. The minimum atomic E-state index is 0.401. The van der Waals surface area contributed by atoms with E-state index in [1.54, 1.807) is 0 Å². The Hall–Kier alpha value is -2.32. The number of hydrogen-bond acceptors (Lipinski definition) is 3. The maximum Gasteiger partial charge on any atom is 0.174 e. The van der Waals surface area contributed by atoms with Crippen LogP contribution < -0.4 is 4.90 Å². The number of para-hydroxylation sites is 3. The summed E-state index contributed by atoms with van der Waals surface area (Å²) in [4.78, 5) is 9.94. The van der Waals surface area contributed by atoms with Crippen LogP contribution in [0.5, 0.6) is 0 Å².